The van der Waals surface area contributed by atoms with Gasteiger partial charge in [0.15, 0.2) is 11.5 Å². The van der Waals surface area contributed by atoms with E-state index in [2.05, 4.69) is 0 Å². The average molecular weight is 236 g/mol. The highest BCUT2D eigenvalue weighted by molar-refractivity contribution is 5.71. The zero-order chi connectivity index (χ0) is 12.0. The first-order valence-corrected chi connectivity index (χ1v) is 5.46. The van der Waals surface area contributed by atoms with Gasteiger partial charge in [0.25, 0.3) is 0 Å². The highest BCUT2D eigenvalue weighted by atomic mass is 16.7. The maximum absolute atomic E-state index is 10.8. The van der Waals surface area contributed by atoms with Crippen molar-refractivity contribution in [3.05, 3.63) is 17.7 Å². The Balaban J connectivity index is 2.01. The molecule has 1 saturated carbocycles. The number of hydrogen-bond acceptors (Lipinski definition) is 4. The number of carboxylic acid groups (broad SMARTS) is 1. The third kappa shape index (κ3) is 1.58. The fourth-order valence-electron chi connectivity index (χ4n) is 2.34. The second-order valence-electron chi connectivity index (χ2n) is 4.57. The van der Waals surface area contributed by atoms with Crippen molar-refractivity contribution in [1.29, 1.82) is 0 Å². The van der Waals surface area contributed by atoms with Crippen LogP contribution < -0.4 is 9.47 Å². The summed E-state index contributed by atoms with van der Waals surface area (Å²) >= 11 is 0. The van der Waals surface area contributed by atoms with Crippen molar-refractivity contribution < 1.29 is 24.5 Å². The third-order valence-corrected chi connectivity index (χ3v) is 3.41. The molecular formula is C12H12O5. The van der Waals surface area contributed by atoms with Crippen molar-refractivity contribution >= 4 is 5.97 Å². The van der Waals surface area contributed by atoms with Crippen molar-refractivity contribution in [2.24, 2.45) is 0 Å². The minimum atomic E-state index is -0.848. The molecule has 1 aromatic carbocycles. The number of ether oxygens (including phenoxy) is 2. The summed E-state index contributed by atoms with van der Waals surface area (Å²) < 4.78 is 10.4. The number of aromatic hydroxyl groups is 1. The Morgan fingerprint density at radius 2 is 1.94 bits per heavy atom. The lowest BCUT2D eigenvalue weighted by molar-refractivity contribution is -0.137. The quantitative estimate of drug-likeness (QED) is 0.834. The van der Waals surface area contributed by atoms with Crippen LogP contribution in [0.2, 0.25) is 0 Å². The number of hydrogen-bond donors (Lipinski definition) is 2. The molecule has 1 aliphatic carbocycles. The topological polar surface area (TPSA) is 76.0 Å². The van der Waals surface area contributed by atoms with E-state index in [0.29, 0.717) is 17.1 Å². The Morgan fingerprint density at radius 3 is 2.53 bits per heavy atom. The van der Waals surface area contributed by atoms with E-state index >= 15 is 0 Å². The van der Waals surface area contributed by atoms with Gasteiger partial charge in [-0.05, 0) is 18.9 Å². The summed E-state index contributed by atoms with van der Waals surface area (Å²) in [5.74, 6) is 0.333. The van der Waals surface area contributed by atoms with Crippen molar-refractivity contribution in [1.82, 2.24) is 0 Å². The fraction of sp³-hybridized carbons (Fsp3) is 0.417. The average Bonchev–Trinajstić information content (AvgIpc) is 2.87. The van der Waals surface area contributed by atoms with Crippen LogP contribution in [0, 0.1) is 0 Å². The van der Waals surface area contributed by atoms with Gasteiger partial charge in [0, 0.05) is 17.0 Å². The molecule has 0 atom stereocenters. The summed E-state index contributed by atoms with van der Waals surface area (Å²) in [5, 5.41) is 18.8. The number of carbonyl (C=O) groups is 1. The predicted octanol–water partition coefficient (Wildman–Crippen LogP) is 1.63. The number of rotatable bonds is 3. The molecule has 1 aliphatic heterocycles. The number of carboxylic acids is 1. The molecule has 2 N–H and O–H groups in total. The number of fused-ring (bicyclic) bond motifs is 1. The molecule has 1 heterocycles. The highest BCUT2D eigenvalue weighted by Gasteiger charge is 2.48. The van der Waals surface area contributed by atoms with Crippen molar-refractivity contribution in [2.45, 2.75) is 24.7 Å². The molecule has 1 aromatic rings. The van der Waals surface area contributed by atoms with E-state index in [9.17, 15) is 9.90 Å². The molecule has 0 aromatic heterocycles. The van der Waals surface area contributed by atoms with Gasteiger partial charge in [-0.15, -0.1) is 0 Å². The van der Waals surface area contributed by atoms with Crippen LogP contribution in [-0.4, -0.2) is 23.0 Å². The van der Waals surface area contributed by atoms with E-state index in [1.807, 2.05) is 0 Å². The van der Waals surface area contributed by atoms with Crippen LogP contribution in [0.4, 0.5) is 0 Å². The first kappa shape index (κ1) is 10.3. The third-order valence-electron chi connectivity index (χ3n) is 3.41. The standard InChI is InChI=1S/C12H12O5/c13-8-4-10-9(16-6-17-10)3-7(8)12(1-2-12)5-11(14)15/h3-4,13H,1-2,5-6H2,(H,14,15). The lowest BCUT2D eigenvalue weighted by Crippen LogP contribution is -2.13. The summed E-state index contributed by atoms with van der Waals surface area (Å²) in [5.41, 5.74) is 0.237. The molecule has 0 radical (unpaired) electrons. The normalized spacial score (nSPS) is 19.1. The molecule has 0 bridgehead atoms. The van der Waals surface area contributed by atoms with E-state index < -0.39 is 11.4 Å². The summed E-state index contributed by atoms with van der Waals surface area (Å²) in [6.45, 7) is 0.143. The molecular weight excluding hydrogens is 224 g/mol. The molecule has 0 unspecified atom stereocenters. The summed E-state index contributed by atoms with van der Waals surface area (Å²) in [6, 6.07) is 3.20. The Morgan fingerprint density at radius 1 is 1.29 bits per heavy atom. The molecule has 17 heavy (non-hydrogen) atoms. The molecule has 1 fully saturated rings. The lowest BCUT2D eigenvalue weighted by Gasteiger charge is -2.15. The van der Waals surface area contributed by atoms with Crippen LogP contribution in [-0.2, 0) is 10.2 Å². The molecule has 3 rings (SSSR count). The van der Waals surface area contributed by atoms with Gasteiger partial charge in [0.1, 0.15) is 5.75 Å². The van der Waals surface area contributed by atoms with Gasteiger partial charge in [0.05, 0.1) is 6.42 Å². The maximum Gasteiger partial charge on any atom is 0.304 e. The van der Waals surface area contributed by atoms with E-state index in [1.165, 1.54) is 6.07 Å². The monoisotopic (exact) mass is 236 g/mol. The maximum atomic E-state index is 10.8. The first-order valence-electron chi connectivity index (χ1n) is 5.46. The van der Waals surface area contributed by atoms with E-state index in [4.69, 9.17) is 14.6 Å². The van der Waals surface area contributed by atoms with E-state index in [1.54, 1.807) is 6.07 Å². The molecule has 5 heteroatoms. The Labute approximate surface area is 97.6 Å². The smallest absolute Gasteiger partial charge is 0.304 e. The van der Waals surface area contributed by atoms with Crippen molar-refractivity contribution in [2.75, 3.05) is 6.79 Å². The van der Waals surface area contributed by atoms with Crippen molar-refractivity contribution in [3.63, 3.8) is 0 Å². The van der Waals surface area contributed by atoms with E-state index in [-0.39, 0.29) is 19.0 Å². The molecule has 2 aliphatic rings. The Kier molecular flexibility index (Phi) is 1.98. The van der Waals surface area contributed by atoms with Crippen LogP contribution in [0.3, 0.4) is 0 Å². The molecule has 90 valence electrons. The van der Waals surface area contributed by atoms with Crippen molar-refractivity contribution in [3.8, 4) is 17.2 Å². The fourth-order valence-corrected chi connectivity index (χ4v) is 2.34. The van der Waals surface area contributed by atoms with Gasteiger partial charge in [-0.1, -0.05) is 0 Å². The molecule has 0 saturated heterocycles. The van der Waals surface area contributed by atoms with Gasteiger partial charge < -0.3 is 19.7 Å². The summed E-state index contributed by atoms with van der Waals surface area (Å²) in [4.78, 5) is 10.8. The summed E-state index contributed by atoms with van der Waals surface area (Å²) in [6.07, 6.45) is 1.61. The molecule has 0 amide bonds. The second-order valence-corrected chi connectivity index (χ2v) is 4.57. The largest absolute Gasteiger partial charge is 0.508 e. The highest BCUT2D eigenvalue weighted by Crippen LogP contribution is 2.55. The molecule has 5 nitrogen and oxygen atoms in total. The predicted molar refractivity (Wildman–Crippen MR) is 57.4 cm³/mol. The zero-order valence-electron chi connectivity index (χ0n) is 9.10. The van der Waals surface area contributed by atoms with Gasteiger partial charge in [-0.2, -0.15) is 0 Å². The first-order chi connectivity index (χ1) is 8.11. The number of phenols is 1. The van der Waals surface area contributed by atoms with Crippen LogP contribution >= 0.6 is 0 Å². The minimum absolute atomic E-state index is 0.0419. The number of phenolic OH excluding ortho intramolecular Hbond substituents is 1. The lowest BCUT2D eigenvalue weighted by atomic mass is 9.91. The van der Waals surface area contributed by atoms with Crippen LogP contribution in [0.5, 0.6) is 17.2 Å². The van der Waals surface area contributed by atoms with Crippen LogP contribution in [0.1, 0.15) is 24.8 Å². The van der Waals surface area contributed by atoms with Gasteiger partial charge in [0.2, 0.25) is 6.79 Å². The Hall–Kier alpha value is -1.91. The molecule has 0 spiro atoms. The zero-order valence-corrected chi connectivity index (χ0v) is 9.10. The van der Waals surface area contributed by atoms with Crippen LogP contribution in [0.25, 0.3) is 0 Å². The second kappa shape index (κ2) is 3.29. The Bertz CT molecular complexity index is 490. The van der Waals surface area contributed by atoms with Gasteiger partial charge in [-0.25, -0.2) is 0 Å². The van der Waals surface area contributed by atoms with E-state index in [0.717, 1.165) is 12.8 Å². The number of benzene rings is 1. The van der Waals surface area contributed by atoms with Gasteiger partial charge >= 0.3 is 5.97 Å². The van der Waals surface area contributed by atoms with Gasteiger partial charge in [-0.3, -0.25) is 4.79 Å². The SMILES string of the molecule is O=C(O)CC1(c2cc3c(cc2O)OCO3)CC1. The van der Waals surface area contributed by atoms with Crippen LogP contribution in [0.15, 0.2) is 12.1 Å². The summed E-state index contributed by atoms with van der Waals surface area (Å²) in [7, 11) is 0. The number of aliphatic carboxylic acids is 1. The minimum Gasteiger partial charge on any atom is -0.508 e.